The molecule has 1 aliphatic carbocycles. The Kier molecular flexibility index (Phi) is 4.38. The zero-order valence-electron chi connectivity index (χ0n) is 12.0. The highest BCUT2D eigenvalue weighted by atomic mass is 35.5. The molecule has 7 heteroatoms. The molecule has 3 rings (SSSR count). The molecule has 3 N–H and O–H groups in total. The average Bonchev–Trinajstić information content (AvgIpc) is 2.51. The Morgan fingerprint density at radius 3 is 2.64 bits per heavy atom. The van der Waals surface area contributed by atoms with Crippen LogP contribution < -0.4 is 11.1 Å². The number of anilines is 3. The highest BCUT2D eigenvalue weighted by Crippen LogP contribution is 2.31. The Bertz CT molecular complexity index is 673. The van der Waals surface area contributed by atoms with Crippen LogP contribution in [0, 0.1) is 5.82 Å². The lowest BCUT2D eigenvalue weighted by Crippen LogP contribution is -2.13. The molecule has 0 bridgehead atoms. The van der Waals surface area contributed by atoms with Gasteiger partial charge >= 0.3 is 0 Å². The molecule has 1 heterocycles. The fourth-order valence-electron chi connectivity index (χ4n) is 2.71. The van der Waals surface area contributed by atoms with Gasteiger partial charge in [-0.25, -0.2) is 4.39 Å². The minimum Gasteiger partial charge on any atom is -0.368 e. The van der Waals surface area contributed by atoms with Crippen LogP contribution in [0.5, 0.6) is 0 Å². The quantitative estimate of drug-likeness (QED) is 0.892. The lowest BCUT2D eigenvalue weighted by Gasteiger charge is -2.20. The Balaban J connectivity index is 1.83. The van der Waals surface area contributed by atoms with E-state index in [-0.39, 0.29) is 11.0 Å². The normalized spacial score (nSPS) is 15.7. The summed E-state index contributed by atoms with van der Waals surface area (Å²) in [6.07, 6.45) is 5.78. The minimum atomic E-state index is -0.467. The summed E-state index contributed by atoms with van der Waals surface area (Å²) in [5.74, 6) is 1.13. The molecule has 0 aliphatic heterocycles. The van der Waals surface area contributed by atoms with E-state index in [1.165, 1.54) is 31.4 Å². The summed E-state index contributed by atoms with van der Waals surface area (Å²) in [6, 6.07) is 4.34. The van der Waals surface area contributed by atoms with E-state index in [0.29, 0.717) is 17.6 Å². The predicted molar refractivity (Wildman–Crippen MR) is 84.8 cm³/mol. The highest BCUT2D eigenvalue weighted by Gasteiger charge is 2.19. The van der Waals surface area contributed by atoms with Crippen molar-refractivity contribution in [3.63, 3.8) is 0 Å². The fourth-order valence-corrected chi connectivity index (χ4v) is 2.89. The second-order valence-electron chi connectivity index (χ2n) is 5.46. The van der Waals surface area contributed by atoms with Gasteiger partial charge < -0.3 is 11.1 Å². The van der Waals surface area contributed by atoms with Crippen molar-refractivity contribution in [3.8, 4) is 0 Å². The predicted octanol–water partition coefficient (Wildman–Crippen LogP) is 4.04. The minimum absolute atomic E-state index is 0.0412. The number of nitrogen functional groups attached to an aromatic ring is 1. The Hall–Kier alpha value is -1.95. The summed E-state index contributed by atoms with van der Waals surface area (Å²) >= 11 is 5.77. The molecule has 1 saturated carbocycles. The number of aromatic nitrogens is 3. The van der Waals surface area contributed by atoms with Crippen LogP contribution in [-0.2, 0) is 0 Å². The molecule has 0 saturated heterocycles. The Morgan fingerprint density at radius 2 is 1.91 bits per heavy atom. The Labute approximate surface area is 133 Å². The first kappa shape index (κ1) is 15.0. The van der Waals surface area contributed by atoms with Gasteiger partial charge in [0, 0.05) is 11.6 Å². The van der Waals surface area contributed by atoms with Gasteiger partial charge in [-0.15, -0.1) is 0 Å². The monoisotopic (exact) mass is 321 g/mol. The SMILES string of the molecule is Nc1nc(Nc2ccc(F)c(Cl)c2)nc(C2CCCCC2)n1. The largest absolute Gasteiger partial charge is 0.368 e. The van der Waals surface area contributed by atoms with Crippen LogP contribution >= 0.6 is 11.6 Å². The molecule has 5 nitrogen and oxygen atoms in total. The van der Waals surface area contributed by atoms with Crippen molar-refractivity contribution >= 4 is 29.2 Å². The fraction of sp³-hybridized carbons (Fsp3) is 0.400. The van der Waals surface area contributed by atoms with Gasteiger partial charge in [0.1, 0.15) is 11.6 Å². The van der Waals surface area contributed by atoms with Crippen LogP contribution in [0.3, 0.4) is 0 Å². The summed E-state index contributed by atoms with van der Waals surface area (Å²) in [5.41, 5.74) is 6.39. The molecule has 2 aromatic rings. The average molecular weight is 322 g/mol. The van der Waals surface area contributed by atoms with Gasteiger partial charge in [0.25, 0.3) is 0 Å². The van der Waals surface area contributed by atoms with Crippen molar-refractivity contribution in [1.82, 2.24) is 15.0 Å². The van der Waals surface area contributed by atoms with E-state index >= 15 is 0 Å². The van der Waals surface area contributed by atoms with Crippen LogP contribution in [0.1, 0.15) is 43.8 Å². The van der Waals surface area contributed by atoms with Gasteiger partial charge in [-0.3, -0.25) is 0 Å². The van der Waals surface area contributed by atoms with Crippen molar-refractivity contribution in [2.45, 2.75) is 38.0 Å². The maximum atomic E-state index is 13.2. The number of halogens is 2. The van der Waals surface area contributed by atoms with Gasteiger partial charge in [0.05, 0.1) is 5.02 Å². The molecule has 0 radical (unpaired) electrons. The van der Waals surface area contributed by atoms with Crippen LogP contribution in [0.4, 0.5) is 22.0 Å². The van der Waals surface area contributed by atoms with Crippen LogP contribution in [0.15, 0.2) is 18.2 Å². The van der Waals surface area contributed by atoms with Crippen molar-refractivity contribution in [3.05, 3.63) is 34.9 Å². The summed E-state index contributed by atoms with van der Waals surface area (Å²) in [7, 11) is 0. The van der Waals surface area contributed by atoms with E-state index in [1.807, 2.05) is 0 Å². The molecular weight excluding hydrogens is 305 g/mol. The number of benzene rings is 1. The molecule has 1 aliphatic rings. The maximum absolute atomic E-state index is 13.2. The molecule has 116 valence electrons. The molecule has 22 heavy (non-hydrogen) atoms. The number of rotatable bonds is 3. The van der Waals surface area contributed by atoms with Crippen molar-refractivity contribution < 1.29 is 4.39 Å². The lowest BCUT2D eigenvalue weighted by molar-refractivity contribution is 0.428. The maximum Gasteiger partial charge on any atom is 0.232 e. The summed E-state index contributed by atoms with van der Waals surface area (Å²) in [4.78, 5) is 12.8. The first-order valence-electron chi connectivity index (χ1n) is 7.35. The summed E-state index contributed by atoms with van der Waals surface area (Å²) < 4.78 is 13.2. The van der Waals surface area contributed by atoms with E-state index in [1.54, 1.807) is 6.07 Å². The van der Waals surface area contributed by atoms with Gasteiger partial charge in [-0.1, -0.05) is 30.9 Å². The number of nitrogens with one attached hydrogen (secondary N) is 1. The van der Waals surface area contributed by atoms with Crippen LogP contribution in [0.25, 0.3) is 0 Å². The highest BCUT2D eigenvalue weighted by molar-refractivity contribution is 6.31. The second-order valence-corrected chi connectivity index (χ2v) is 5.87. The van der Waals surface area contributed by atoms with Gasteiger partial charge in [-0.2, -0.15) is 15.0 Å². The summed E-state index contributed by atoms with van der Waals surface area (Å²) in [6.45, 7) is 0. The second kappa shape index (κ2) is 6.44. The smallest absolute Gasteiger partial charge is 0.232 e. The molecule has 0 spiro atoms. The van der Waals surface area contributed by atoms with E-state index in [9.17, 15) is 4.39 Å². The molecule has 1 fully saturated rings. The zero-order valence-corrected chi connectivity index (χ0v) is 12.8. The standard InChI is InChI=1S/C15H17ClFN5/c16-11-8-10(6-7-12(11)17)19-15-21-13(20-14(18)22-15)9-4-2-1-3-5-9/h6-9H,1-5H2,(H3,18,19,20,21,22). The molecule has 0 atom stereocenters. The van der Waals surface area contributed by atoms with Crippen LogP contribution in [0.2, 0.25) is 5.02 Å². The van der Waals surface area contributed by atoms with Crippen LogP contribution in [-0.4, -0.2) is 15.0 Å². The topological polar surface area (TPSA) is 76.7 Å². The van der Waals surface area contributed by atoms with Crippen molar-refractivity contribution in [1.29, 1.82) is 0 Å². The number of hydrogen-bond acceptors (Lipinski definition) is 5. The number of hydrogen-bond donors (Lipinski definition) is 2. The number of nitrogens with two attached hydrogens (primary N) is 1. The van der Waals surface area contributed by atoms with Gasteiger partial charge in [0.15, 0.2) is 0 Å². The molecule has 1 aromatic carbocycles. The molecule has 1 aromatic heterocycles. The third-order valence-corrected chi connectivity index (χ3v) is 4.11. The third kappa shape index (κ3) is 3.44. The van der Waals surface area contributed by atoms with E-state index in [2.05, 4.69) is 20.3 Å². The first-order valence-corrected chi connectivity index (χ1v) is 7.73. The molecular formula is C15H17ClFN5. The zero-order chi connectivity index (χ0) is 15.5. The van der Waals surface area contributed by atoms with Crippen molar-refractivity contribution in [2.24, 2.45) is 0 Å². The summed E-state index contributed by atoms with van der Waals surface area (Å²) in [5, 5.41) is 3.04. The molecule has 0 amide bonds. The lowest BCUT2D eigenvalue weighted by atomic mass is 9.89. The van der Waals surface area contributed by atoms with Gasteiger partial charge in [-0.05, 0) is 31.0 Å². The number of nitrogens with zero attached hydrogens (tertiary/aromatic N) is 3. The van der Waals surface area contributed by atoms with E-state index in [0.717, 1.165) is 18.7 Å². The molecule has 0 unspecified atom stereocenters. The first-order chi connectivity index (χ1) is 10.6. The van der Waals surface area contributed by atoms with Gasteiger partial charge in [0.2, 0.25) is 11.9 Å². The van der Waals surface area contributed by atoms with E-state index < -0.39 is 5.82 Å². The Morgan fingerprint density at radius 1 is 1.14 bits per heavy atom. The third-order valence-electron chi connectivity index (χ3n) is 3.82. The van der Waals surface area contributed by atoms with E-state index in [4.69, 9.17) is 17.3 Å². The van der Waals surface area contributed by atoms with Crippen molar-refractivity contribution in [2.75, 3.05) is 11.1 Å².